The van der Waals surface area contributed by atoms with Gasteiger partial charge < -0.3 is 20.3 Å². The Morgan fingerprint density at radius 1 is 0.967 bits per heavy atom. The number of hydrogen-bond acceptors (Lipinski definition) is 4. The lowest BCUT2D eigenvalue weighted by molar-refractivity contribution is -0.121. The van der Waals surface area contributed by atoms with Gasteiger partial charge >= 0.3 is 6.09 Å². The molecular formula is C23H33N3O4. The minimum atomic E-state index is -0.522. The number of benzene rings is 1. The molecule has 1 aliphatic heterocycles. The molecule has 0 bridgehead atoms. The van der Waals surface area contributed by atoms with E-state index in [2.05, 4.69) is 10.6 Å². The standard InChI is InChI=1S/C23H33N3O4/c1-23(2,3)30-22(29)26-14-12-17(13-15-26)21(28)25-19-10-8-16(9-11-19)20(27)24-18-6-4-5-7-18/h8-11,17-18H,4-7,12-15H2,1-3H3,(H,24,27)(H,25,28). The van der Waals surface area contributed by atoms with E-state index in [0.29, 0.717) is 37.2 Å². The number of nitrogens with one attached hydrogen (secondary N) is 2. The molecule has 0 radical (unpaired) electrons. The first-order valence-electron chi connectivity index (χ1n) is 10.9. The van der Waals surface area contributed by atoms with Gasteiger partial charge in [-0.25, -0.2) is 4.79 Å². The zero-order valence-electron chi connectivity index (χ0n) is 18.2. The fourth-order valence-corrected chi connectivity index (χ4v) is 3.94. The minimum Gasteiger partial charge on any atom is -0.444 e. The summed E-state index contributed by atoms with van der Waals surface area (Å²) in [5, 5.41) is 5.99. The van der Waals surface area contributed by atoms with Crippen molar-refractivity contribution >= 4 is 23.6 Å². The van der Waals surface area contributed by atoms with Crippen LogP contribution in [0.15, 0.2) is 24.3 Å². The van der Waals surface area contributed by atoms with E-state index >= 15 is 0 Å². The predicted molar refractivity (Wildman–Crippen MR) is 115 cm³/mol. The normalized spacial score (nSPS) is 18.2. The Bertz CT molecular complexity index is 756. The molecule has 2 aliphatic rings. The molecule has 2 fully saturated rings. The summed E-state index contributed by atoms with van der Waals surface area (Å²) in [6.45, 7) is 6.54. The molecule has 0 unspecified atom stereocenters. The summed E-state index contributed by atoms with van der Waals surface area (Å²) in [4.78, 5) is 38.7. The van der Waals surface area contributed by atoms with Gasteiger partial charge in [0, 0.05) is 36.3 Å². The topological polar surface area (TPSA) is 87.7 Å². The van der Waals surface area contributed by atoms with Gasteiger partial charge in [-0.05, 0) is 70.7 Å². The Labute approximate surface area is 178 Å². The number of nitrogens with zero attached hydrogens (tertiary/aromatic N) is 1. The van der Waals surface area contributed by atoms with Crippen LogP contribution in [0.1, 0.15) is 69.7 Å². The van der Waals surface area contributed by atoms with Crippen molar-refractivity contribution in [3.8, 4) is 0 Å². The SMILES string of the molecule is CC(C)(C)OC(=O)N1CCC(C(=O)Nc2ccc(C(=O)NC3CCCC3)cc2)CC1. The average Bonchev–Trinajstić information content (AvgIpc) is 3.20. The van der Waals surface area contributed by atoms with Crippen LogP contribution in [0.2, 0.25) is 0 Å². The lowest BCUT2D eigenvalue weighted by Crippen LogP contribution is -2.43. The maximum Gasteiger partial charge on any atom is 0.410 e. The molecule has 1 aromatic rings. The molecule has 1 saturated carbocycles. The second-order valence-corrected chi connectivity index (χ2v) is 9.26. The lowest BCUT2D eigenvalue weighted by atomic mass is 9.96. The van der Waals surface area contributed by atoms with Crippen molar-refractivity contribution in [3.05, 3.63) is 29.8 Å². The third-order valence-corrected chi connectivity index (χ3v) is 5.62. The van der Waals surface area contributed by atoms with E-state index in [-0.39, 0.29) is 29.9 Å². The molecule has 0 atom stereocenters. The van der Waals surface area contributed by atoms with Gasteiger partial charge in [-0.1, -0.05) is 12.8 Å². The van der Waals surface area contributed by atoms with Crippen LogP contribution < -0.4 is 10.6 Å². The van der Waals surface area contributed by atoms with Crippen LogP contribution in [-0.2, 0) is 9.53 Å². The highest BCUT2D eigenvalue weighted by molar-refractivity contribution is 5.96. The number of carbonyl (C=O) groups is 3. The van der Waals surface area contributed by atoms with Crippen LogP contribution >= 0.6 is 0 Å². The van der Waals surface area contributed by atoms with Gasteiger partial charge in [0.2, 0.25) is 5.91 Å². The molecule has 3 amide bonds. The summed E-state index contributed by atoms with van der Waals surface area (Å²) in [5.74, 6) is -0.259. The molecule has 0 spiro atoms. The van der Waals surface area contributed by atoms with E-state index in [4.69, 9.17) is 4.74 Å². The smallest absolute Gasteiger partial charge is 0.410 e. The number of rotatable bonds is 4. The minimum absolute atomic E-state index is 0.0537. The van der Waals surface area contributed by atoms with E-state index in [0.717, 1.165) is 12.8 Å². The maximum atomic E-state index is 12.6. The monoisotopic (exact) mass is 415 g/mol. The summed E-state index contributed by atoms with van der Waals surface area (Å²) in [5.41, 5.74) is 0.753. The number of anilines is 1. The molecule has 164 valence electrons. The third kappa shape index (κ3) is 6.21. The lowest BCUT2D eigenvalue weighted by Gasteiger charge is -2.32. The zero-order valence-corrected chi connectivity index (χ0v) is 18.2. The van der Waals surface area contributed by atoms with Gasteiger partial charge in [0.15, 0.2) is 0 Å². The van der Waals surface area contributed by atoms with E-state index in [1.165, 1.54) is 12.8 Å². The van der Waals surface area contributed by atoms with Crippen LogP contribution in [0.3, 0.4) is 0 Å². The molecule has 1 saturated heterocycles. The predicted octanol–water partition coefficient (Wildman–Crippen LogP) is 3.94. The van der Waals surface area contributed by atoms with Crippen LogP contribution in [0.5, 0.6) is 0 Å². The summed E-state index contributed by atoms with van der Waals surface area (Å²) >= 11 is 0. The number of amides is 3. The van der Waals surface area contributed by atoms with Crippen molar-refractivity contribution < 1.29 is 19.1 Å². The van der Waals surface area contributed by atoms with Gasteiger partial charge in [-0.2, -0.15) is 0 Å². The molecule has 0 aromatic heterocycles. The van der Waals surface area contributed by atoms with Crippen molar-refractivity contribution in [2.75, 3.05) is 18.4 Å². The van der Waals surface area contributed by atoms with Gasteiger partial charge in [-0.15, -0.1) is 0 Å². The van der Waals surface area contributed by atoms with Crippen molar-refractivity contribution in [2.45, 2.75) is 70.9 Å². The average molecular weight is 416 g/mol. The van der Waals surface area contributed by atoms with E-state index < -0.39 is 5.60 Å². The first-order chi connectivity index (χ1) is 14.2. The molecule has 3 rings (SSSR count). The number of likely N-dealkylation sites (tertiary alicyclic amines) is 1. The summed E-state index contributed by atoms with van der Waals surface area (Å²) in [6, 6.07) is 7.29. The van der Waals surface area contributed by atoms with E-state index in [1.807, 2.05) is 20.8 Å². The van der Waals surface area contributed by atoms with Gasteiger partial charge in [0.05, 0.1) is 0 Å². The van der Waals surface area contributed by atoms with E-state index in [9.17, 15) is 14.4 Å². The first-order valence-corrected chi connectivity index (χ1v) is 10.9. The molecule has 1 heterocycles. The Balaban J connectivity index is 1.46. The summed E-state index contributed by atoms with van der Waals surface area (Å²) < 4.78 is 5.39. The molecule has 30 heavy (non-hydrogen) atoms. The highest BCUT2D eigenvalue weighted by Crippen LogP contribution is 2.22. The number of ether oxygens (including phenoxy) is 1. The third-order valence-electron chi connectivity index (χ3n) is 5.62. The van der Waals surface area contributed by atoms with E-state index in [1.54, 1.807) is 29.2 Å². The Kier molecular flexibility index (Phi) is 7.00. The zero-order chi connectivity index (χ0) is 21.7. The van der Waals surface area contributed by atoms with Crippen LogP contribution in [0.4, 0.5) is 10.5 Å². The molecule has 7 heteroatoms. The quantitative estimate of drug-likeness (QED) is 0.780. The Hall–Kier alpha value is -2.57. The second kappa shape index (κ2) is 9.49. The van der Waals surface area contributed by atoms with Gasteiger partial charge in [-0.3, -0.25) is 9.59 Å². The van der Waals surface area contributed by atoms with Crippen molar-refractivity contribution in [3.63, 3.8) is 0 Å². The highest BCUT2D eigenvalue weighted by Gasteiger charge is 2.30. The molecular weight excluding hydrogens is 382 g/mol. The summed E-state index contributed by atoms with van der Waals surface area (Å²) in [7, 11) is 0. The molecule has 2 N–H and O–H groups in total. The molecule has 1 aliphatic carbocycles. The Morgan fingerprint density at radius 2 is 1.57 bits per heavy atom. The second-order valence-electron chi connectivity index (χ2n) is 9.26. The highest BCUT2D eigenvalue weighted by atomic mass is 16.6. The molecule has 1 aromatic carbocycles. The fourth-order valence-electron chi connectivity index (χ4n) is 3.94. The fraction of sp³-hybridized carbons (Fsp3) is 0.609. The molecule has 7 nitrogen and oxygen atoms in total. The number of hydrogen-bond donors (Lipinski definition) is 2. The van der Waals surface area contributed by atoms with Crippen molar-refractivity contribution in [1.82, 2.24) is 10.2 Å². The number of piperidine rings is 1. The van der Waals surface area contributed by atoms with Gasteiger partial charge in [0.25, 0.3) is 5.91 Å². The Morgan fingerprint density at radius 3 is 2.13 bits per heavy atom. The van der Waals surface area contributed by atoms with Crippen molar-refractivity contribution in [2.24, 2.45) is 5.92 Å². The van der Waals surface area contributed by atoms with Crippen LogP contribution in [0.25, 0.3) is 0 Å². The maximum absolute atomic E-state index is 12.6. The van der Waals surface area contributed by atoms with Gasteiger partial charge in [0.1, 0.15) is 5.60 Å². The largest absolute Gasteiger partial charge is 0.444 e. The van der Waals surface area contributed by atoms with Crippen LogP contribution in [-0.4, -0.2) is 47.5 Å². The summed E-state index contributed by atoms with van der Waals surface area (Å²) in [6.07, 6.45) is 5.33. The first kappa shape index (κ1) is 22.1. The van der Waals surface area contributed by atoms with Crippen LogP contribution in [0, 0.1) is 5.92 Å². The van der Waals surface area contributed by atoms with Crippen molar-refractivity contribution in [1.29, 1.82) is 0 Å². The number of carbonyl (C=O) groups excluding carboxylic acids is 3.